The predicted octanol–water partition coefficient (Wildman–Crippen LogP) is 3.74. The van der Waals surface area contributed by atoms with Crippen molar-refractivity contribution in [3.8, 4) is 11.1 Å². The van der Waals surface area contributed by atoms with E-state index in [0.717, 1.165) is 27.8 Å². The zero-order valence-corrected chi connectivity index (χ0v) is 11.6. The quantitative estimate of drug-likeness (QED) is 0.716. The molecule has 0 spiro atoms. The summed E-state index contributed by atoms with van der Waals surface area (Å²) in [5, 5.41) is 3.74. The van der Waals surface area contributed by atoms with Gasteiger partial charge in [-0.2, -0.15) is 0 Å². The number of nitrogens with one attached hydrogen (secondary N) is 2. The first kappa shape index (κ1) is 13.1. The van der Waals surface area contributed by atoms with Crippen LogP contribution in [0.25, 0.3) is 22.2 Å². The first-order chi connectivity index (χ1) is 10.3. The molecular weight excluding hydrogens is 262 g/mol. The summed E-state index contributed by atoms with van der Waals surface area (Å²) in [5.74, 6) is -0.150. The maximum absolute atomic E-state index is 11.7. The molecule has 2 N–H and O–H groups in total. The van der Waals surface area contributed by atoms with Gasteiger partial charge in [-0.1, -0.05) is 36.4 Å². The van der Waals surface area contributed by atoms with E-state index in [2.05, 4.69) is 15.3 Å². The van der Waals surface area contributed by atoms with Crippen LogP contribution >= 0.6 is 0 Å². The van der Waals surface area contributed by atoms with Crippen molar-refractivity contribution in [1.82, 2.24) is 9.97 Å². The highest BCUT2D eigenvalue weighted by atomic mass is 16.1. The Hall–Kier alpha value is -2.88. The second-order valence-electron chi connectivity index (χ2n) is 4.68. The first-order valence-corrected chi connectivity index (χ1v) is 6.74. The number of carbonyl (C=O) groups is 1. The lowest BCUT2D eigenvalue weighted by atomic mass is 10.1. The van der Waals surface area contributed by atoms with E-state index in [9.17, 15) is 4.79 Å². The summed E-state index contributed by atoms with van der Waals surface area (Å²) >= 11 is 0. The molecule has 0 saturated heterocycles. The number of benzene rings is 1. The van der Waals surface area contributed by atoms with Gasteiger partial charge in [-0.3, -0.25) is 4.79 Å². The van der Waals surface area contributed by atoms with E-state index in [0.29, 0.717) is 0 Å². The molecule has 21 heavy (non-hydrogen) atoms. The first-order valence-electron chi connectivity index (χ1n) is 6.74. The Labute approximate surface area is 122 Å². The number of rotatable bonds is 3. The maximum Gasteiger partial charge on any atom is 0.248 e. The molecule has 0 unspecified atom stereocenters. The lowest BCUT2D eigenvalue weighted by Gasteiger charge is -2.03. The second kappa shape index (κ2) is 5.63. The number of carbonyl (C=O) groups excluding carboxylic acids is 1. The zero-order valence-electron chi connectivity index (χ0n) is 11.6. The number of allylic oxidation sites excluding steroid dienone is 1. The van der Waals surface area contributed by atoms with Gasteiger partial charge in [-0.15, -0.1) is 0 Å². The molecule has 4 nitrogen and oxygen atoms in total. The molecule has 0 bridgehead atoms. The molecule has 3 rings (SSSR count). The van der Waals surface area contributed by atoms with Crippen molar-refractivity contribution in [1.29, 1.82) is 0 Å². The van der Waals surface area contributed by atoms with Gasteiger partial charge < -0.3 is 10.3 Å². The van der Waals surface area contributed by atoms with E-state index in [1.807, 2.05) is 49.5 Å². The highest BCUT2D eigenvalue weighted by Gasteiger charge is 2.08. The van der Waals surface area contributed by atoms with Crippen LogP contribution in [0.15, 0.2) is 60.9 Å². The highest BCUT2D eigenvalue weighted by molar-refractivity contribution is 6.05. The lowest BCUT2D eigenvalue weighted by molar-refractivity contribution is -0.111. The molecule has 0 fully saturated rings. The van der Waals surface area contributed by atoms with E-state index in [4.69, 9.17) is 0 Å². The number of hydrogen-bond acceptors (Lipinski definition) is 2. The Kier molecular flexibility index (Phi) is 3.51. The maximum atomic E-state index is 11.7. The summed E-state index contributed by atoms with van der Waals surface area (Å²) < 4.78 is 0. The van der Waals surface area contributed by atoms with E-state index < -0.39 is 0 Å². The topological polar surface area (TPSA) is 57.8 Å². The van der Waals surface area contributed by atoms with Gasteiger partial charge in [-0.05, 0) is 24.6 Å². The fourth-order valence-corrected chi connectivity index (χ4v) is 2.22. The minimum Gasteiger partial charge on any atom is -0.344 e. The molecule has 104 valence electrons. The number of amides is 1. The number of fused-ring (bicyclic) bond motifs is 1. The average Bonchev–Trinajstić information content (AvgIpc) is 2.91. The predicted molar refractivity (Wildman–Crippen MR) is 85.0 cm³/mol. The Morgan fingerprint density at radius 1 is 1.24 bits per heavy atom. The average molecular weight is 277 g/mol. The third-order valence-electron chi connectivity index (χ3n) is 3.21. The molecule has 4 heteroatoms. The third kappa shape index (κ3) is 2.69. The van der Waals surface area contributed by atoms with Gasteiger partial charge in [-0.25, -0.2) is 4.98 Å². The van der Waals surface area contributed by atoms with Crippen LogP contribution in [0.1, 0.15) is 6.92 Å². The summed E-state index contributed by atoms with van der Waals surface area (Å²) in [6.07, 6.45) is 6.78. The highest BCUT2D eigenvalue weighted by Crippen LogP contribution is 2.27. The molecule has 0 radical (unpaired) electrons. The number of nitrogens with zero attached hydrogens (tertiary/aromatic N) is 1. The fraction of sp³-hybridized carbons (Fsp3) is 0.0588. The molecule has 2 heterocycles. The fourth-order valence-electron chi connectivity index (χ4n) is 2.22. The SMILES string of the molecule is CC=CC(=O)Nc1c[nH]c2ncc(-c3ccccc3)cc12. The van der Waals surface area contributed by atoms with Crippen molar-refractivity contribution in [3.05, 3.63) is 60.9 Å². The van der Waals surface area contributed by atoms with Gasteiger partial charge in [0.15, 0.2) is 0 Å². The molecule has 2 aromatic heterocycles. The molecule has 0 aliphatic heterocycles. The van der Waals surface area contributed by atoms with Gasteiger partial charge in [0.2, 0.25) is 5.91 Å². The molecule has 0 atom stereocenters. The van der Waals surface area contributed by atoms with E-state index in [-0.39, 0.29) is 5.91 Å². The minimum absolute atomic E-state index is 0.150. The number of H-pyrrole nitrogens is 1. The van der Waals surface area contributed by atoms with Crippen LogP contribution in [0.3, 0.4) is 0 Å². The third-order valence-corrected chi connectivity index (χ3v) is 3.21. The summed E-state index contributed by atoms with van der Waals surface area (Å²) in [7, 11) is 0. The van der Waals surface area contributed by atoms with Crippen LogP contribution in [0.4, 0.5) is 5.69 Å². The van der Waals surface area contributed by atoms with Crippen LogP contribution in [0.2, 0.25) is 0 Å². The van der Waals surface area contributed by atoms with Gasteiger partial charge in [0.1, 0.15) is 5.65 Å². The van der Waals surface area contributed by atoms with Crippen LogP contribution in [-0.4, -0.2) is 15.9 Å². The Morgan fingerprint density at radius 2 is 2.05 bits per heavy atom. The lowest BCUT2D eigenvalue weighted by Crippen LogP contribution is -2.06. The van der Waals surface area contributed by atoms with Crippen molar-refractivity contribution in [2.24, 2.45) is 0 Å². The van der Waals surface area contributed by atoms with Crippen LogP contribution in [0.5, 0.6) is 0 Å². The van der Waals surface area contributed by atoms with Gasteiger partial charge in [0.25, 0.3) is 0 Å². The summed E-state index contributed by atoms with van der Waals surface area (Å²) in [6, 6.07) is 12.1. The Balaban J connectivity index is 2.02. The normalized spacial score (nSPS) is 11.1. The molecule has 3 aromatic rings. The van der Waals surface area contributed by atoms with Crippen LogP contribution in [-0.2, 0) is 4.79 Å². The Morgan fingerprint density at radius 3 is 2.81 bits per heavy atom. The van der Waals surface area contributed by atoms with Gasteiger partial charge in [0.05, 0.1) is 5.69 Å². The standard InChI is InChI=1S/C17H15N3O/c1-2-6-16(21)20-15-11-19-17-14(15)9-13(10-18-17)12-7-4-3-5-8-12/h2-11H,1H3,(H,18,19)(H,20,21). The number of aromatic nitrogens is 2. The van der Waals surface area contributed by atoms with Crippen LogP contribution < -0.4 is 5.32 Å². The monoisotopic (exact) mass is 277 g/mol. The summed E-state index contributed by atoms with van der Waals surface area (Å²) in [5.41, 5.74) is 3.60. The number of anilines is 1. The zero-order chi connectivity index (χ0) is 14.7. The van der Waals surface area contributed by atoms with Crippen molar-refractivity contribution in [2.75, 3.05) is 5.32 Å². The number of hydrogen-bond donors (Lipinski definition) is 2. The number of aromatic amines is 1. The van der Waals surface area contributed by atoms with Gasteiger partial charge in [0, 0.05) is 23.3 Å². The van der Waals surface area contributed by atoms with E-state index in [1.54, 1.807) is 12.3 Å². The van der Waals surface area contributed by atoms with Crippen molar-refractivity contribution < 1.29 is 4.79 Å². The van der Waals surface area contributed by atoms with Gasteiger partial charge >= 0.3 is 0 Å². The van der Waals surface area contributed by atoms with E-state index >= 15 is 0 Å². The summed E-state index contributed by atoms with van der Waals surface area (Å²) in [4.78, 5) is 19.1. The number of pyridine rings is 1. The minimum atomic E-state index is -0.150. The van der Waals surface area contributed by atoms with E-state index in [1.165, 1.54) is 6.08 Å². The molecule has 0 saturated carbocycles. The van der Waals surface area contributed by atoms with Crippen molar-refractivity contribution >= 4 is 22.6 Å². The molecule has 1 amide bonds. The largest absolute Gasteiger partial charge is 0.344 e. The smallest absolute Gasteiger partial charge is 0.248 e. The molecule has 0 aliphatic carbocycles. The molecule has 0 aliphatic rings. The van der Waals surface area contributed by atoms with Crippen LogP contribution in [0, 0.1) is 0 Å². The molecular formula is C17H15N3O. The Bertz CT molecular complexity index is 803. The molecule has 1 aromatic carbocycles. The van der Waals surface area contributed by atoms with Crippen molar-refractivity contribution in [2.45, 2.75) is 6.92 Å². The second-order valence-corrected chi connectivity index (χ2v) is 4.68. The summed E-state index contributed by atoms with van der Waals surface area (Å²) in [6.45, 7) is 1.81. The van der Waals surface area contributed by atoms with Crippen molar-refractivity contribution in [3.63, 3.8) is 0 Å².